The van der Waals surface area contributed by atoms with E-state index in [2.05, 4.69) is 5.32 Å². The first kappa shape index (κ1) is 29.4. The summed E-state index contributed by atoms with van der Waals surface area (Å²) in [7, 11) is 3.11. The second kappa shape index (κ2) is 13.3. The van der Waals surface area contributed by atoms with Gasteiger partial charge < -0.3 is 19.1 Å². The van der Waals surface area contributed by atoms with E-state index >= 15 is 0 Å². The number of halogens is 2. The molecule has 0 spiro atoms. The van der Waals surface area contributed by atoms with Crippen LogP contribution >= 0.6 is 23.2 Å². The Hall–Kier alpha value is -4.05. The number of anilines is 1. The summed E-state index contributed by atoms with van der Waals surface area (Å²) in [5, 5.41) is 3.81. The lowest BCUT2D eigenvalue weighted by atomic mass is 10.1. The highest BCUT2D eigenvalue weighted by Gasteiger charge is 2.27. The molecule has 11 heteroatoms. The van der Waals surface area contributed by atoms with Gasteiger partial charge in [0.05, 0.1) is 42.3 Å². The van der Waals surface area contributed by atoms with Gasteiger partial charge in [0, 0.05) is 36.0 Å². The van der Waals surface area contributed by atoms with Crippen molar-refractivity contribution in [2.24, 2.45) is 0 Å². The molecular formula is C31H30Cl2N4O5. The van der Waals surface area contributed by atoms with Gasteiger partial charge >= 0.3 is 0 Å². The minimum Gasteiger partial charge on any atom is -0.493 e. The zero-order valence-corrected chi connectivity index (χ0v) is 24.7. The highest BCUT2D eigenvalue weighted by molar-refractivity contribution is 6.33. The molecule has 1 N–H and O–H groups in total. The van der Waals surface area contributed by atoms with Crippen LogP contribution in [0.4, 0.5) is 5.95 Å². The van der Waals surface area contributed by atoms with E-state index in [1.807, 2.05) is 18.2 Å². The smallest absolute Gasteiger partial charge is 0.255 e. The molecule has 5 rings (SSSR count). The molecule has 2 heterocycles. The normalized spacial score (nSPS) is 14.4. The molecule has 0 unspecified atom stereocenters. The number of nitrogens with zero attached hydrogens (tertiary/aromatic N) is 3. The van der Waals surface area contributed by atoms with Gasteiger partial charge in [-0.3, -0.25) is 19.5 Å². The van der Waals surface area contributed by atoms with Gasteiger partial charge in [0.2, 0.25) is 11.9 Å². The van der Waals surface area contributed by atoms with Gasteiger partial charge in [-0.05, 0) is 49.2 Å². The molecule has 1 aliphatic heterocycles. The zero-order chi connectivity index (χ0) is 29.6. The van der Waals surface area contributed by atoms with Gasteiger partial charge in [-0.25, -0.2) is 4.98 Å². The SMILES string of the molecule is COc1ccc(-n2cc(-c3ccc(Cl)cc3)nc2NC(=O)CN(C[C@H]2CCCO2)C(=O)c2ccccc2Cl)cc1OC. The Kier molecular flexibility index (Phi) is 9.31. The maximum absolute atomic E-state index is 13.5. The molecule has 3 aromatic carbocycles. The number of carbonyl (C=O) groups excluding carboxylic acids is 2. The Balaban J connectivity index is 1.46. The molecule has 1 fully saturated rings. The largest absolute Gasteiger partial charge is 0.493 e. The van der Waals surface area contributed by atoms with Crippen molar-refractivity contribution >= 4 is 41.0 Å². The molecule has 0 aliphatic carbocycles. The molecule has 0 bridgehead atoms. The van der Waals surface area contributed by atoms with Crippen LogP contribution in [-0.2, 0) is 9.53 Å². The maximum Gasteiger partial charge on any atom is 0.255 e. The number of rotatable bonds is 10. The van der Waals surface area contributed by atoms with Crippen molar-refractivity contribution in [3.8, 4) is 28.4 Å². The van der Waals surface area contributed by atoms with Crippen molar-refractivity contribution in [3.05, 3.63) is 88.5 Å². The standard InChI is InChI=1S/C31H30Cl2N4O5/c1-40-27-14-13-22(16-28(27)41-2)37-18-26(20-9-11-21(32)12-10-20)34-31(37)35-29(38)19-36(17-23-6-5-15-42-23)30(39)24-7-3-4-8-25(24)33/h3-4,7-14,16,18,23H,5-6,15,17,19H2,1-2H3,(H,34,35,38)/t23-/m1/s1. The van der Waals surface area contributed by atoms with E-state index in [9.17, 15) is 9.59 Å². The van der Waals surface area contributed by atoms with E-state index in [0.29, 0.717) is 45.1 Å². The Bertz CT molecular complexity index is 1570. The molecule has 4 aromatic rings. The molecule has 0 saturated carbocycles. The minimum absolute atomic E-state index is 0.158. The van der Waals surface area contributed by atoms with Crippen LogP contribution in [0.1, 0.15) is 23.2 Å². The number of aromatic nitrogens is 2. The molecule has 1 aromatic heterocycles. The van der Waals surface area contributed by atoms with Crippen LogP contribution in [0.5, 0.6) is 11.5 Å². The summed E-state index contributed by atoms with van der Waals surface area (Å²) in [4.78, 5) is 33.2. The summed E-state index contributed by atoms with van der Waals surface area (Å²) in [5.74, 6) is 0.564. The fourth-order valence-corrected chi connectivity index (χ4v) is 5.14. The van der Waals surface area contributed by atoms with E-state index in [4.69, 9.17) is 42.4 Å². The van der Waals surface area contributed by atoms with E-state index in [0.717, 1.165) is 18.4 Å². The number of ether oxygens (including phenoxy) is 3. The van der Waals surface area contributed by atoms with Crippen LogP contribution in [0.25, 0.3) is 16.9 Å². The molecule has 1 saturated heterocycles. The van der Waals surface area contributed by atoms with Gasteiger partial charge in [0.25, 0.3) is 5.91 Å². The zero-order valence-electron chi connectivity index (χ0n) is 23.2. The average Bonchev–Trinajstić information content (AvgIpc) is 3.67. The van der Waals surface area contributed by atoms with Crippen molar-refractivity contribution in [3.63, 3.8) is 0 Å². The van der Waals surface area contributed by atoms with Crippen LogP contribution in [0.15, 0.2) is 72.9 Å². The number of amides is 2. The second-order valence-electron chi connectivity index (χ2n) is 9.71. The summed E-state index contributed by atoms with van der Waals surface area (Å²) >= 11 is 12.4. The molecule has 0 radical (unpaired) electrons. The third-order valence-electron chi connectivity index (χ3n) is 6.92. The summed E-state index contributed by atoms with van der Waals surface area (Å²) in [6.45, 7) is 0.665. The molecular weight excluding hydrogens is 579 g/mol. The van der Waals surface area contributed by atoms with Gasteiger partial charge in [0.15, 0.2) is 11.5 Å². The van der Waals surface area contributed by atoms with Crippen LogP contribution in [0.3, 0.4) is 0 Å². The van der Waals surface area contributed by atoms with Crippen LogP contribution in [0.2, 0.25) is 10.0 Å². The highest BCUT2D eigenvalue weighted by Crippen LogP contribution is 2.32. The van der Waals surface area contributed by atoms with Crippen molar-refractivity contribution in [1.82, 2.24) is 14.5 Å². The van der Waals surface area contributed by atoms with Crippen molar-refractivity contribution < 1.29 is 23.8 Å². The maximum atomic E-state index is 13.5. The number of hydrogen-bond donors (Lipinski definition) is 1. The van der Waals surface area contributed by atoms with E-state index in [-0.39, 0.29) is 31.0 Å². The molecule has 1 atom stereocenters. The summed E-state index contributed by atoms with van der Waals surface area (Å²) in [6, 6.07) is 19.4. The monoisotopic (exact) mass is 608 g/mol. The summed E-state index contributed by atoms with van der Waals surface area (Å²) < 4.78 is 18.4. The molecule has 42 heavy (non-hydrogen) atoms. The highest BCUT2D eigenvalue weighted by atomic mass is 35.5. The van der Waals surface area contributed by atoms with E-state index in [1.54, 1.807) is 73.5 Å². The fourth-order valence-electron chi connectivity index (χ4n) is 4.80. The fraction of sp³-hybridized carbons (Fsp3) is 0.258. The Morgan fingerprint density at radius 2 is 1.81 bits per heavy atom. The lowest BCUT2D eigenvalue weighted by Gasteiger charge is -2.25. The van der Waals surface area contributed by atoms with E-state index < -0.39 is 5.91 Å². The van der Waals surface area contributed by atoms with Crippen LogP contribution in [-0.4, -0.2) is 66.3 Å². The van der Waals surface area contributed by atoms with Crippen molar-refractivity contribution in [1.29, 1.82) is 0 Å². The van der Waals surface area contributed by atoms with Crippen LogP contribution in [0, 0.1) is 0 Å². The Morgan fingerprint density at radius 3 is 2.50 bits per heavy atom. The van der Waals surface area contributed by atoms with E-state index in [1.165, 1.54) is 4.90 Å². The van der Waals surface area contributed by atoms with Gasteiger partial charge in [-0.15, -0.1) is 0 Å². The first-order chi connectivity index (χ1) is 20.4. The third-order valence-corrected chi connectivity index (χ3v) is 7.50. The van der Waals surface area contributed by atoms with Gasteiger partial charge in [0.1, 0.15) is 6.54 Å². The van der Waals surface area contributed by atoms with Gasteiger partial charge in [-0.2, -0.15) is 0 Å². The number of imidazole rings is 1. The number of carbonyl (C=O) groups is 2. The van der Waals surface area contributed by atoms with Crippen LogP contribution < -0.4 is 14.8 Å². The first-order valence-electron chi connectivity index (χ1n) is 13.4. The summed E-state index contributed by atoms with van der Waals surface area (Å²) in [6.07, 6.45) is 3.36. The lowest BCUT2D eigenvalue weighted by Crippen LogP contribution is -2.42. The molecule has 2 amide bonds. The number of methoxy groups -OCH3 is 2. The third kappa shape index (κ3) is 6.70. The Morgan fingerprint density at radius 1 is 1.05 bits per heavy atom. The second-order valence-corrected chi connectivity index (χ2v) is 10.6. The molecule has 9 nitrogen and oxygen atoms in total. The van der Waals surface area contributed by atoms with Crippen molar-refractivity contribution in [2.75, 3.05) is 39.2 Å². The lowest BCUT2D eigenvalue weighted by molar-refractivity contribution is -0.117. The number of nitrogens with one attached hydrogen (secondary N) is 1. The van der Waals surface area contributed by atoms with Gasteiger partial charge in [-0.1, -0.05) is 47.5 Å². The topological polar surface area (TPSA) is 94.9 Å². The quantitative estimate of drug-likeness (QED) is 0.233. The number of benzene rings is 3. The minimum atomic E-state index is -0.427. The number of hydrogen-bond acceptors (Lipinski definition) is 6. The van der Waals surface area contributed by atoms with Crippen molar-refractivity contribution in [2.45, 2.75) is 18.9 Å². The summed E-state index contributed by atoms with van der Waals surface area (Å²) in [5.41, 5.74) is 2.42. The average molecular weight is 610 g/mol. The molecule has 1 aliphatic rings. The molecule has 218 valence electrons. The first-order valence-corrected chi connectivity index (χ1v) is 14.1. The predicted molar refractivity (Wildman–Crippen MR) is 162 cm³/mol. The Labute approximate surface area is 253 Å². The predicted octanol–water partition coefficient (Wildman–Crippen LogP) is 6.12.